The van der Waals surface area contributed by atoms with Crippen molar-refractivity contribution in [3.8, 4) is 5.69 Å². The van der Waals surface area contributed by atoms with Gasteiger partial charge in [0.05, 0.1) is 29.5 Å². The first-order valence-corrected chi connectivity index (χ1v) is 14.3. The maximum absolute atomic E-state index is 14.9. The normalized spacial score (nSPS) is 23.7. The minimum atomic E-state index is -2.88. The highest BCUT2D eigenvalue weighted by molar-refractivity contribution is 6.72. The molecule has 2 heterocycles. The van der Waals surface area contributed by atoms with Crippen molar-refractivity contribution in [2.75, 3.05) is 6.61 Å². The summed E-state index contributed by atoms with van der Waals surface area (Å²) in [6, 6.07) is 15.3. The molecule has 1 aliphatic heterocycles. The number of aryl methyl sites for hydroxylation is 1. The van der Waals surface area contributed by atoms with E-state index in [0.29, 0.717) is 11.8 Å². The van der Waals surface area contributed by atoms with E-state index >= 15 is 0 Å². The second-order valence-corrected chi connectivity index (χ2v) is 13.1. The highest BCUT2D eigenvalue weighted by Crippen LogP contribution is 2.46. The molecule has 4 rings (SSSR count). The Kier molecular flexibility index (Phi) is 6.60. The summed E-state index contributed by atoms with van der Waals surface area (Å²) in [5.41, 5.74) is 1.64. The van der Waals surface area contributed by atoms with E-state index in [1.165, 1.54) is 4.68 Å². The van der Waals surface area contributed by atoms with E-state index in [1.807, 2.05) is 48.5 Å². The van der Waals surface area contributed by atoms with E-state index in [4.69, 9.17) is 4.74 Å². The molecular formula is C25H31FN2O3Si. The summed E-state index contributed by atoms with van der Waals surface area (Å²) >= 11 is 0. The molecule has 2 aromatic carbocycles. The molecule has 0 saturated carbocycles. The van der Waals surface area contributed by atoms with E-state index in [-0.39, 0.29) is 35.8 Å². The van der Waals surface area contributed by atoms with Crippen LogP contribution >= 0.6 is 0 Å². The average molecular weight is 455 g/mol. The van der Waals surface area contributed by atoms with Crippen LogP contribution in [0.5, 0.6) is 0 Å². The van der Waals surface area contributed by atoms with Gasteiger partial charge in [-0.05, 0) is 62.0 Å². The van der Waals surface area contributed by atoms with Crippen molar-refractivity contribution in [3.63, 3.8) is 0 Å². The molecule has 1 saturated heterocycles. The molecule has 32 heavy (non-hydrogen) atoms. The fraction of sp³-hybridized carbons (Fsp3) is 0.440. The molecular weight excluding hydrogens is 423 g/mol. The Morgan fingerprint density at radius 3 is 2.50 bits per heavy atom. The third-order valence-corrected chi connectivity index (χ3v) is 9.19. The van der Waals surface area contributed by atoms with Crippen molar-refractivity contribution < 1.29 is 14.0 Å². The summed E-state index contributed by atoms with van der Waals surface area (Å²) in [6.45, 7) is 5.59. The molecule has 1 aromatic heterocycles. The molecule has 0 amide bonds. The molecule has 3 aromatic rings. The van der Waals surface area contributed by atoms with E-state index in [2.05, 4.69) is 12.0 Å². The molecule has 7 heteroatoms. The largest absolute Gasteiger partial charge is 0.396 e. The van der Waals surface area contributed by atoms with Crippen LogP contribution < -0.4 is 5.56 Å². The first kappa shape index (κ1) is 22.8. The number of rotatable bonds is 7. The fourth-order valence-corrected chi connectivity index (χ4v) is 7.76. The Morgan fingerprint density at radius 1 is 1.09 bits per heavy atom. The molecule has 0 bridgehead atoms. The Hall–Kier alpha value is -2.35. The van der Waals surface area contributed by atoms with E-state index in [1.54, 1.807) is 19.3 Å². The van der Waals surface area contributed by atoms with Crippen LogP contribution in [-0.2, 0) is 11.2 Å². The zero-order valence-corrected chi connectivity index (χ0v) is 19.9. The maximum Gasteiger partial charge on any atom is 0.279 e. The average Bonchev–Trinajstić information content (AvgIpc) is 3.09. The molecule has 1 fully saturated rings. The van der Waals surface area contributed by atoms with Gasteiger partial charge in [-0.15, -0.1) is 0 Å². The Morgan fingerprint density at radius 2 is 1.81 bits per heavy atom. The van der Waals surface area contributed by atoms with Gasteiger partial charge in [-0.25, -0.2) is 0 Å². The first-order valence-electron chi connectivity index (χ1n) is 11.3. The number of benzene rings is 2. The number of fused-ring (bicyclic) bond motifs is 1. The third-order valence-electron chi connectivity index (χ3n) is 6.70. The predicted molar refractivity (Wildman–Crippen MR) is 128 cm³/mol. The number of hydrogen-bond acceptors (Lipinski definition) is 4. The van der Waals surface area contributed by atoms with E-state index in [0.717, 1.165) is 29.5 Å². The number of aliphatic hydroxyl groups excluding tert-OH is 1. The second kappa shape index (κ2) is 9.25. The topological polar surface area (TPSA) is 64.3 Å². The van der Waals surface area contributed by atoms with Crippen LogP contribution in [0.25, 0.3) is 16.5 Å². The highest BCUT2D eigenvalue weighted by Gasteiger charge is 2.50. The Labute approximate surface area is 189 Å². The minimum Gasteiger partial charge on any atom is -0.396 e. The Balaban J connectivity index is 1.46. The zero-order chi connectivity index (χ0) is 22.9. The van der Waals surface area contributed by atoms with E-state index in [9.17, 15) is 14.0 Å². The van der Waals surface area contributed by atoms with Crippen LogP contribution in [0.15, 0.2) is 59.5 Å². The van der Waals surface area contributed by atoms with Gasteiger partial charge >= 0.3 is 0 Å². The molecule has 0 aliphatic carbocycles. The van der Waals surface area contributed by atoms with Gasteiger partial charge in [-0.3, -0.25) is 4.79 Å². The van der Waals surface area contributed by atoms with Crippen LogP contribution in [0.1, 0.15) is 25.3 Å². The van der Waals surface area contributed by atoms with Gasteiger partial charge in [0.15, 0.2) is 0 Å². The number of hydrogen-bond donors (Lipinski definition) is 1. The SMILES string of the molecule is C[C@H]1[C@H]([Si](C)(C)F)[C@@H](CCO)O[C@H]1CCc1ccc(-n2ncc3ccccc3c2=O)cc1. The quantitative estimate of drug-likeness (QED) is 0.417. The highest BCUT2D eigenvalue weighted by atomic mass is 28.4. The van der Waals surface area contributed by atoms with Crippen molar-refractivity contribution in [3.05, 3.63) is 70.6 Å². The summed E-state index contributed by atoms with van der Waals surface area (Å²) in [6.07, 6.45) is 3.61. The van der Waals surface area contributed by atoms with Crippen molar-refractivity contribution in [2.24, 2.45) is 5.92 Å². The van der Waals surface area contributed by atoms with Crippen molar-refractivity contribution in [2.45, 2.75) is 57.0 Å². The number of aliphatic hydroxyl groups is 1. The predicted octanol–water partition coefficient (Wildman–Crippen LogP) is 4.65. The lowest BCUT2D eigenvalue weighted by Gasteiger charge is -2.28. The third kappa shape index (κ3) is 4.56. The smallest absolute Gasteiger partial charge is 0.279 e. The number of nitrogens with zero attached hydrogens (tertiary/aromatic N) is 2. The van der Waals surface area contributed by atoms with Gasteiger partial charge in [0.25, 0.3) is 5.56 Å². The lowest BCUT2D eigenvalue weighted by molar-refractivity contribution is 0.0193. The molecule has 0 spiro atoms. The summed E-state index contributed by atoms with van der Waals surface area (Å²) in [5, 5.41) is 15.2. The number of aromatic nitrogens is 2. The lowest BCUT2D eigenvalue weighted by atomic mass is 9.95. The summed E-state index contributed by atoms with van der Waals surface area (Å²) < 4.78 is 22.6. The molecule has 1 N–H and O–H groups in total. The molecule has 4 atom stereocenters. The molecule has 0 radical (unpaired) electrons. The van der Waals surface area contributed by atoms with Gasteiger partial charge in [0, 0.05) is 17.5 Å². The van der Waals surface area contributed by atoms with Crippen LogP contribution in [0, 0.1) is 5.92 Å². The standard InChI is InChI=1S/C25H31FN2O3Si/c1-17-22(31-23(14-15-29)24(17)32(2,3)26)13-10-18-8-11-20(12-9-18)28-25(30)21-7-5-4-6-19(21)16-27-28/h4-9,11-12,16-17,22-24,29H,10,13-15H2,1-3H3/t17-,22+,23-,24+/m1/s1. The molecule has 5 nitrogen and oxygen atoms in total. The zero-order valence-electron chi connectivity index (χ0n) is 18.9. The minimum absolute atomic E-state index is 0.0106. The summed E-state index contributed by atoms with van der Waals surface area (Å²) in [5.74, 6) is 0.137. The summed E-state index contributed by atoms with van der Waals surface area (Å²) in [7, 11) is -2.88. The fourth-order valence-electron chi connectivity index (χ4n) is 5.16. The number of ether oxygens (including phenoxy) is 1. The Bertz CT molecular complexity index is 1130. The van der Waals surface area contributed by atoms with Gasteiger partial charge < -0.3 is 14.0 Å². The molecule has 170 valence electrons. The van der Waals surface area contributed by atoms with Crippen LogP contribution in [0.4, 0.5) is 4.11 Å². The first-order chi connectivity index (χ1) is 15.3. The van der Waals surface area contributed by atoms with Gasteiger partial charge in [-0.2, -0.15) is 9.78 Å². The molecule has 0 unspecified atom stereocenters. The number of halogens is 1. The van der Waals surface area contributed by atoms with Crippen LogP contribution in [0.3, 0.4) is 0 Å². The van der Waals surface area contributed by atoms with Crippen molar-refractivity contribution >= 4 is 19.2 Å². The van der Waals surface area contributed by atoms with Crippen LogP contribution in [-0.4, -0.2) is 42.1 Å². The monoisotopic (exact) mass is 454 g/mol. The second-order valence-electron chi connectivity index (χ2n) is 9.33. The van der Waals surface area contributed by atoms with Crippen molar-refractivity contribution in [1.29, 1.82) is 0 Å². The van der Waals surface area contributed by atoms with Gasteiger partial charge in [0.2, 0.25) is 8.41 Å². The summed E-state index contributed by atoms with van der Waals surface area (Å²) in [4.78, 5) is 12.8. The molecule has 1 aliphatic rings. The maximum atomic E-state index is 14.9. The van der Waals surface area contributed by atoms with Gasteiger partial charge in [-0.1, -0.05) is 37.3 Å². The van der Waals surface area contributed by atoms with E-state index < -0.39 is 8.41 Å². The van der Waals surface area contributed by atoms with Gasteiger partial charge in [0.1, 0.15) is 0 Å². The van der Waals surface area contributed by atoms with Crippen molar-refractivity contribution in [1.82, 2.24) is 9.78 Å². The van der Waals surface area contributed by atoms with Crippen LogP contribution in [0.2, 0.25) is 18.6 Å². The lowest BCUT2D eigenvalue weighted by Crippen LogP contribution is -2.36.